The Morgan fingerprint density at radius 1 is 1.30 bits per heavy atom. The van der Waals surface area contributed by atoms with E-state index in [0.717, 1.165) is 11.1 Å². The summed E-state index contributed by atoms with van der Waals surface area (Å²) in [7, 11) is 0. The number of aliphatic hydroxyl groups is 1. The van der Waals surface area contributed by atoms with E-state index in [2.05, 4.69) is 9.83 Å². The van der Waals surface area contributed by atoms with Crippen molar-refractivity contribution in [3.8, 4) is 11.1 Å². The van der Waals surface area contributed by atoms with Gasteiger partial charge >= 0.3 is 0 Å². The standard InChI is InChI=1S/C20H18F2N4O/c1-10-3-18-13(6-17(10)24-2)15(9-26(18)11-4-12(27)5-11)14-7-25-8-16(23)19(14)20(21)22/h3,6-9,11-12,20,27H,4-5,23H2,1H3. The first-order valence-electron chi connectivity index (χ1n) is 8.63. The second kappa shape index (κ2) is 6.32. The lowest BCUT2D eigenvalue weighted by Crippen LogP contribution is -2.30. The van der Waals surface area contributed by atoms with Gasteiger partial charge in [0.2, 0.25) is 0 Å². The van der Waals surface area contributed by atoms with Gasteiger partial charge in [0.25, 0.3) is 6.43 Å². The zero-order chi connectivity index (χ0) is 19.3. The molecule has 27 heavy (non-hydrogen) atoms. The normalized spacial score (nSPS) is 19.3. The first-order valence-corrected chi connectivity index (χ1v) is 8.63. The number of hydrogen-bond acceptors (Lipinski definition) is 3. The van der Waals surface area contributed by atoms with Gasteiger partial charge in [-0.15, -0.1) is 0 Å². The Bertz CT molecular complexity index is 1080. The molecule has 0 unspecified atom stereocenters. The maximum Gasteiger partial charge on any atom is 0.266 e. The second-order valence-electron chi connectivity index (χ2n) is 6.99. The summed E-state index contributed by atoms with van der Waals surface area (Å²) in [6.07, 6.45) is 2.58. The van der Waals surface area contributed by atoms with Gasteiger partial charge in [-0.05, 0) is 42.8 Å². The molecule has 3 aromatic rings. The monoisotopic (exact) mass is 368 g/mol. The van der Waals surface area contributed by atoms with Crippen molar-refractivity contribution < 1.29 is 13.9 Å². The average molecular weight is 368 g/mol. The van der Waals surface area contributed by atoms with Crippen molar-refractivity contribution in [2.75, 3.05) is 5.73 Å². The first-order chi connectivity index (χ1) is 12.9. The fourth-order valence-electron chi connectivity index (χ4n) is 3.76. The SMILES string of the molecule is [C-]#[N+]c1cc2c(-c3cncc(N)c3C(F)F)cn(C3CC(O)C3)c2cc1C. The molecule has 1 saturated carbocycles. The molecular weight excluding hydrogens is 350 g/mol. The maximum absolute atomic E-state index is 13.7. The van der Waals surface area contributed by atoms with Crippen LogP contribution < -0.4 is 5.73 Å². The van der Waals surface area contributed by atoms with E-state index in [-0.39, 0.29) is 29.0 Å². The highest BCUT2D eigenvalue weighted by Gasteiger charge is 2.31. The molecule has 2 aromatic heterocycles. The third-order valence-corrected chi connectivity index (χ3v) is 5.28. The lowest BCUT2D eigenvalue weighted by Gasteiger charge is -2.33. The molecule has 5 nitrogen and oxygen atoms in total. The van der Waals surface area contributed by atoms with Gasteiger partial charge in [0.1, 0.15) is 0 Å². The van der Waals surface area contributed by atoms with E-state index in [1.807, 2.05) is 23.8 Å². The average Bonchev–Trinajstić information content (AvgIpc) is 2.95. The van der Waals surface area contributed by atoms with Crippen molar-refractivity contribution in [2.45, 2.75) is 38.3 Å². The summed E-state index contributed by atoms with van der Waals surface area (Å²) in [4.78, 5) is 7.55. The van der Waals surface area contributed by atoms with Gasteiger partial charge in [-0.3, -0.25) is 4.98 Å². The summed E-state index contributed by atoms with van der Waals surface area (Å²) < 4.78 is 29.4. The Balaban J connectivity index is 2.02. The number of nitrogens with two attached hydrogens (primary N) is 1. The Hall–Kier alpha value is -2.98. The number of fused-ring (bicyclic) bond motifs is 1. The van der Waals surface area contributed by atoms with E-state index in [1.165, 1.54) is 12.4 Å². The number of halogens is 2. The van der Waals surface area contributed by atoms with E-state index in [9.17, 15) is 13.9 Å². The van der Waals surface area contributed by atoms with E-state index < -0.39 is 6.43 Å². The highest BCUT2D eigenvalue weighted by Crippen LogP contribution is 2.44. The Labute approximate surface area is 154 Å². The minimum atomic E-state index is -2.74. The Morgan fingerprint density at radius 2 is 2.04 bits per heavy atom. The molecule has 7 heteroatoms. The molecule has 2 heterocycles. The predicted octanol–water partition coefficient (Wildman–Crippen LogP) is 4.78. The van der Waals surface area contributed by atoms with Gasteiger partial charge in [-0.2, -0.15) is 0 Å². The van der Waals surface area contributed by atoms with Crippen LogP contribution in [0.3, 0.4) is 0 Å². The minimum absolute atomic E-state index is 0.0556. The van der Waals surface area contributed by atoms with Crippen LogP contribution in [0.4, 0.5) is 20.2 Å². The number of pyridine rings is 1. The van der Waals surface area contributed by atoms with Crippen molar-refractivity contribution >= 4 is 22.3 Å². The fraction of sp³-hybridized carbons (Fsp3) is 0.300. The summed E-state index contributed by atoms with van der Waals surface area (Å²) in [6, 6.07) is 3.73. The molecule has 0 spiro atoms. The minimum Gasteiger partial charge on any atom is -0.397 e. The number of anilines is 1. The van der Waals surface area contributed by atoms with Crippen molar-refractivity contribution in [1.29, 1.82) is 0 Å². The molecule has 138 valence electrons. The third-order valence-electron chi connectivity index (χ3n) is 5.28. The van der Waals surface area contributed by atoms with Crippen molar-refractivity contribution in [3.63, 3.8) is 0 Å². The first kappa shape index (κ1) is 17.4. The number of nitrogens with zero attached hydrogens (tertiary/aromatic N) is 3. The number of aliphatic hydroxyl groups excluding tert-OH is 1. The number of benzene rings is 1. The third kappa shape index (κ3) is 2.73. The number of rotatable bonds is 3. The Morgan fingerprint density at radius 3 is 2.67 bits per heavy atom. The van der Waals surface area contributed by atoms with Gasteiger partial charge in [0.15, 0.2) is 5.69 Å². The van der Waals surface area contributed by atoms with Crippen LogP contribution >= 0.6 is 0 Å². The molecule has 0 radical (unpaired) electrons. The van der Waals surface area contributed by atoms with Crippen LogP contribution in [0.25, 0.3) is 26.9 Å². The lowest BCUT2D eigenvalue weighted by molar-refractivity contribution is 0.0504. The summed E-state index contributed by atoms with van der Waals surface area (Å²) in [5.74, 6) is 0. The van der Waals surface area contributed by atoms with Crippen molar-refractivity contribution in [2.24, 2.45) is 0 Å². The molecule has 1 aliphatic rings. The topological polar surface area (TPSA) is 68.4 Å². The van der Waals surface area contributed by atoms with Gasteiger partial charge in [0.05, 0.1) is 30.1 Å². The molecular formula is C20H18F2N4O. The second-order valence-corrected chi connectivity index (χ2v) is 6.99. The summed E-state index contributed by atoms with van der Waals surface area (Å²) in [5, 5.41) is 10.4. The zero-order valence-corrected chi connectivity index (χ0v) is 14.7. The molecule has 4 rings (SSSR count). The lowest BCUT2D eigenvalue weighted by atomic mass is 9.89. The van der Waals surface area contributed by atoms with Crippen LogP contribution in [0.2, 0.25) is 0 Å². The number of nitrogen functional groups attached to an aromatic ring is 1. The zero-order valence-electron chi connectivity index (χ0n) is 14.7. The molecule has 0 bridgehead atoms. The highest BCUT2D eigenvalue weighted by molar-refractivity contribution is 6.00. The Kier molecular flexibility index (Phi) is 4.08. The molecule has 1 fully saturated rings. The molecule has 0 aliphatic heterocycles. The van der Waals surface area contributed by atoms with Gasteiger partial charge in [-0.1, -0.05) is 0 Å². The molecule has 1 aliphatic carbocycles. The quantitative estimate of drug-likeness (QED) is 0.654. The highest BCUT2D eigenvalue weighted by atomic mass is 19.3. The number of alkyl halides is 2. The molecule has 0 amide bonds. The van der Waals surface area contributed by atoms with Crippen LogP contribution in [-0.4, -0.2) is 20.8 Å². The van der Waals surface area contributed by atoms with E-state index in [1.54, 1.807) is 6.07 Å². The maximum atomic E-state index is 13.7. The summed E-state index contributed by atoms with van der Waals surface area (Å²) in [5.41, 5.74) is 8.47. The molecule has 1 aromatic carbocycles. The molecule has 0 saturated heterocycles. The van der Waals surface area contributed by atoms with E-state index >= 15 is 0 Å². The molecule has 0 atom stereocenters. The number of aromatic nitrogens is 2. The van der Waals surface area contributed by atoms with E-state index in [4.69, 9.17) is 12.3 Å². The van der Waals surface area contributed by atoms with Gasteiger partial charge in [0, 0.05) is 35.1 Å². The van der Waals surface area contributed by atoms with E-state index in [0.29, 0.717) is 29.5 Å². The van der Waals surface area contributed by atoms with Crippen LogP contribution in [0, 0.1) is 13.5 Å². The van der Waals surface area contributed by atoms with Crippen molar-refractivity contribution in [3.05, 3.63) is 53.3 Å². The van der Waals surface area contributed by atoms with Gasteiger partial charge < -0.3 is 15.4 Å². The largest absolute Gasteiger partial charge is 0.397 e. The van der Waals surface area contributed by atoms with Crippen LogP contribution in [-0.2, 0) is 0 Å². The van der Waals surface area contributed by atoms with Gasteiger partial charge in [-0.25, -0.2) is 13.6 Å². The van der Waals surface area contributed by atoms with Crippen molar-refractivity contribution in [1.82, 2.24) is 9.55 Å². The number of aryl methyl sites for hydroxylation is 1. The molecule has 3 N–H and O–H groups in total. The van der Waals surface area contributed by atoms with Crippen LogP contribution in [0.15, 0.2) is 30.7 Å². The van der Waals surface area contributed by atoms with Crippen LogP contribution in [0.1, 0.15) is 36.4 Å². The summed E-state index contributed by atoms with van der Waals surface area (Å²) >= 11 is 0. The predicted molar refractivity (Wildman–Crippen MR) is 99.8 cm³/mol. The number of hydrogen-bond donors (Lipinski definition) is 2. The van der Waals surface area contributed by atoms with Crippen LogP contribution in [0.5, 0.6) is 0 Å². The fourth-order valence-corrected chi connectivity index (χ4v) is 3.76. The smallest absolute Gasteiger partial charge is 0.266 e. The summed E-state index contributed by atoms with van der Waals surface area (Å²) in [6.45, 7) is 9.23.